The number of thiophene rings is 1. The molecule has 0 unspecified atom stereocenters. The number of para-hydroxylation sites is 1. The van der Waals surface area contributed by atoms with Gasteiger partial charge in [0.25, 0.3) is 5.56 Å². The maximum absolute atomic E-state index is 12.0. The number of fused-ring (bicyclic) bond motifs is 1. The summed E-state index contributed by atoms with van der Waals surface area (Å²) < 4.78 is 0. The fraction of sp³-hybridized carbons (Fsp3) is 0.200. The molecular formula is C15H15N3OS. The van der Waals surface area contributed by atoms with E-state index in [0.717, 1.165) is 12.1 Å². The van der Waals surface area contributed by atoms with Crippen LogP contribution in [0.3, 0.4) is 0 Å². The maximum atomic E-state index is 12.0. The van der Waals surface area contributed by atoms with Crippen LogP contribution in [0.25, 0.3) is 10.9 Å². The van der Waals surface area contributed by atoms with Gasteiger partial charge < -0.3 is 4.98 Å². The summed E-state index contributed by atoms with van der Waals surface area (Å²) in [6.45, 7) is 1.47. The van der Waals surface area contributed by atoms with Crippen LogP contribution < -0.4 is 5.56 Å². The zero-order valence-electron chi connectivity index (χ0n) is 11.2. The van der Waals surface area contributed by atoms with E-state index in [-0.39, 0.29) is 5.56 Å². The Labute approximate surface area is 120 Å². The van der Waals surface area contributed by atoms with Crippen LogP contribution in [-0.4, -0.2) is 21.9 Å². The lowest BCUT2D eigenvalue weighted by Crippen LogP contribution is -2.21. The number of hydrogen-bond donors (Lipinski definition) is 1. The molecule has 0 saturated heterocycles. The number of H-pyrrole nitrogens is 1. The highest BCUT2D eigenvalue weighted by Gasteiger charge is 2.07. The van der Waals surface area contributed by atoms with Crippen LogP contribution in [-0.2, 0) is 13.1 Å². The summed E-state index contributed by atoms with van der Waals surface area (Å²) in [5.74, 6) is 0.700. The lowest BCUT2D eigenvalue weighted by molar-refractivity contribution is 0.311. The topological polar surface area (TPSA) is 49.0 Å². The molecule has 5 heteroatoms. The molecule has 3 aromatic rings. The molecule has 0 aliphatic heterocycles. The molecule has 2 aromatic heterocycles. The molecule has 20 heavy (non-hydrogen) atoms. The third kappa shape index (κ3) is 2.79. The van der Waals surface area contributed by atoms with Crippen LogP contribution in [0.15, 0.2) is 45.9 Å². The van der Waals surface area contributed by atoms with Crippen molar-refractivity contribution in [3.05, 3.63) is 62.8 Å². The van der Waals surface area contributed by atoms with Gasteiger partial charge in [0, 0.05) is 6.54 Å². The molecule has 0 bridgehead atoms. The van der Waals surface area contributed by atoms with Gasteiger partial charge in [0.05, 0.1) is 17.4 Å². The summed E-state index contributed by atoms with van der Waals surface area (Å²) in [5, 5.41) is 4.84. The third-order valence-electron chi connectivity index (χ3n) is 3.11. The monoisotopic (exact) mass is 285 g/mol. The van der Waals surface area contributed by atoms with E-state index in [4.69, 9.17) is 0 Å². The largest absolute Gasteiger partial charge is 0.309 e. The Morgan fingerprint density at radius 3 is 2.90 bits per heavy atom. The highest BCUT2D eigenvalue weighted by atomic mass is 32.1. The van der Waals surface area contributed by atoms with Gasteiger partial charge in [-0.15, -0.1) is 0 Å². The first kappa shape index (κ1) is 13.0. The molecule has 2 heterocycles. The molecule has 0 atom stereocenters. The summed E-state index contributed by atoms with van der Waals surface area (Å²) in [5.41, 5.74) is 1.95. The number of nitrogens with one attached hydrogen (secondary N) is 1. The number of benzene rings is 1. The maximum Gasteiger partial charge on any atom is 0.258 e. The lowest BCUT2D eigenvalue weighted by Gasteiger charge is -2.15. The minimum atomic E-state index is -0.0745. The molecule has 102 valence electrons. The first-order chi connectivity index (χ1) is 9.72. The summed E-state index contributed by atoms with van der Waals surface area (Å²) in [6, 6.07) is 9.51. The molecular weight excluding hydrogens is 270 g/mol. The average molecular weight is 285 g/mol. The molecule has 0 aliphatic rings. The summed E-state index contributed by atoms with van der Waals surface area (Å²) >= 11 is 1.69. The van der Waals surface area contributed by atoms with Crippen molar-refractivity contribution in [3.8, 4) is 0 Å². The second-order valence-corrected chi connectivity index (χ2v) is 5.61. The van der Waals surface area contributed by atoms with Gasteiger partial charge >= 0.3 is 0 Å². The Morgan fingerprint density at radius 1 is 1.25 bits per heavy atom. The summed E-state index contributed by atoms with van der Waals surface area (Å²) in [6.07, 6.45) is 0. The zero-order chi connectivity index (χ0) is 13.9. The lowest BCUT2D eigenvalue weighted by atomic mass is 10.2. The van der Waals surface area contributed by atoms with Gasteiger partial charge in [-0.25, -0.2) is 4.98 Å². The van der Waals surface area contributed by atoms with Crippen LogP contribution >= 0.6 is 11.3 Å². The average Bonchev–Trinajstić information content (AvgIpc) is 2.91. The Hall–Kier alpha value is -1.98. The van der Waals surface area contributed by atoms with Crippen molar-refractivity contribution in [3.63, 3.8) is 0 Å². The van der Waals surface area contributed by atoms with E-state index >= 15 is 0 Å². The van der Waals surface area contributed by atoms with E-state index in [2.05, 4.69) is 31.7 Å². The zero-order valence-corrected chi connectivity index (χ0v) is 12.0. The van der Waals surface area contributed by atoms with Crippen molar-refractivity contribution < 1.29 is 0 Å². The molecule has 1 aromatic carbocycles. The molecule has 0 amide bonds. The van der Waals surface area contributed by atoms with Gasteiger partial charge in [0.1, 0.15) is 5.82 Å². The van der Waals surface area contributed by atoms with E-state index in [1.165, 1.54) is 5.56 Å². The third-order valence-corrected chi connectivity index (χ3v) is 3.85. The van der Waals surface area contributed by atoms with Crippen molar-refractivity contribution in [1.29, 1.82) is 0 Å². The first-order valence-electron chi connectivity index (χ1n) is 6.40. The molecule has 0 aliphatic carbocycles. The van der Waals surface area contributed by atoms with Crippen molar-refractivity contribution in [2.75, 3.05) is 7.05 Å². The van der Waals surface area contributed by atoms with Crippen molar-refractivity contribution in [1.82, 2.24) is 14.9 Å². The molecule has 0 saturated carbocycles. The fourth-order valence-corrected chi connectivity index (χ4v) is 2.88. The van der Waals surface area contributed by atoms with E-state index in [1.54, 1.807) is 17.4 Å². The van der Waals surface area contributed by atoms with Crippen molar-refractivity contribution in [2.24, 2.45) is 0 Å². The number of rotatable bonds is 4. The van der Waals surface area contributed by atoms with Gasteiger partial charge in [0.2, 0.25) is 0 Å². The molecule has 0 fully saturated rings. The van der Waals surface area contributed by atoms with Gasteiger partial charge in [-0.1, -0.05) is 12.1 Å². The Morgan fingerprint density at radius 2 is 2.10 bits per heavy atom. The van der Waals surface area contributed by atoms with Crippen molar-refractivity contribution in [2.45, 2.75) is 13.1 Å². The Bertz CT molecular complexity index is 764. The minimum Gasteiger partial charge on any atom is -0.309 e. The molecule has 3 rings (SSSR count). The Balaban J connectivity index is 1.82. The number of nitrogens with zero attached hydrogens (tertiary/aromatic N) is 2. The van der Waals surface area contributed by atoms with Crippen LogP contribution in [0.4, 0.5) is 0 Å². The highest BCUT2D eigenvalue weighted by molar-refractivity contribution is 7.07. The molecule has 0 radical (unpaired) electrons. The quantitative estimate of drug-likeness (QED) is 0.801. The van der Waals surface area contributed by atoms with Crippen LogP contribution in [0.1, 0.15) is 11.4 Å². The van der Waals surface area contributed by atoms with Gasteiger partial charge in [-0.3, -0.25) is 9.69 Å². The second-order valence-electron chi connectivity index (χ2n) is 4.83. The van der Waals surface area contributed by atoms with E-state index in [9.17, 15) is 4.79 Å². The molecule has 1 N–H and O–H groups in total. The van der Waals surface area contributed by atoms with Crippen molar-refractivity contribution >= 4 is 22.2 Å². The van der Waals surface area contributed by atoms with Crippen LogP contribution in [0, 0.1) is 0 Å². The number of aromatic nitrogens is 2. The smallest absolute Gasteiger partial charge is 0.258 e. The normalized spacial score (nSPS) is 11.3. The van der Waals surface area contributed by atoms with Gasteiger partial charge in [0.15, 0.2) is 0 Å². The minimum absolute atomic E-state index is 0.0745. The SMILES string of the molecule is CN(Cc1ccsc1)Cc1nc2ccccc2c(=O)[nH]1. The first-order valence-corrected chi connectivity index (χ1v) is 7.34. The predicted molar refractivity (Wildman–Crippen MR) is 81.9 cm³/mol. The predicted octanol–water partition coefficient (Wildman–Crippen LogP) is 2.62. The Kier molecular flexibility index (Phi) is 3.62. The molecule has 4 nitrogen and oxygen atoms in total. The highest BCUT2D eigenvalue weighted by Crippen LogP contribution is 2.10. The number of hydrogen-bond acceptors (Lipinski definition) is 4. The standard InChI is InChI=1S/C15H15N3OS/c1-18(8-11-6-7-20-10-11)9-14-16-13-5-3-2-4-12(13)15(19)17-14/h2-7,10H,8-9H2,1H3,(H,16,17,19). The fourth-order valence-electron chi connectivity index (χ4n) is 2.22. The van der Waals surface area contributed by atoms with Gasteiger partial charge in [-0.2, -0.15) is 11.3 Å². The summed E-state index contributed by atoms with van der Waals surface area (Å²) in [4.78, 5) is 21.5. The van der Waals surface area contributed by atoms with Crippen LogP contribution in [0.5, 0.6) is 0 Å². The molecule has 0 spiro atoms. The van der Waals surface area contributed by atoms with E-state index < -0.39 is 0 Å². The van der Waals surface area contributed by atoms with Crippen LogP contribution in [0.2, 0.25) is 0 Å². The second kappa shape index (κ2) is 5.56. The summed E-state index contributed by atoms with van der Waals surface area (Å²) in [7, 11) is 2.02. The van der Waals surface area contributed by atoms with Gasteiger partial charge in [-0.05, 0) is 41.6 Å². The van der Waals surface area contributed by atoms with E-state index in [1.807, 2.05) is 25.2 Å². The van der Waals surface area contributed by atoms with E-state index in [0.29, 0.717) is 17.8 Å². The number of aromatic amines is 1.